The molecular formula is C15H16N4O2S. The average Bonchev–Trinajstić information content (AvgIpc) is 2.90. The topological polar surface area (TPSA) is 80.8 Å². The second kappa shape index (κ2) is 6.31. The summed E-state index contributed by atoms with van der Waals surface area (Å²) in [4.78, 5) is 19.4. The Morgan fingerprint density at radius 1 is 1.36 bits per heavy atom. The van der Waals surface area contributed by atoms with Crippen molar-refractivity contribution in [3.63, 3.8) is 0 Å². The molecule has 6 nitrogen and oxygen atoms in total. The van der Waals surface area contributed by atoms with Gasteiger partial charge in [0, 0.05) is 10.9 Å². The van der Waals surface area contributed by atoms with E-state index in [4.69, 9.17) is 4.74 Å². The fraction of sp³-hybridized carbons (Fsp3) is 0.333. The van der Waals surface area contributed by atoms with E-state index in [9.17, 15) is 4.79 Å². The summed E-state index contributed by atoms with van der Waals surface area (Å²) in [6.45, 7) is 4.17. The van der Waals surface area contributed by atoms with Gasteiger partial charge in [0.2, 0.25) is 5.16 Å². The van der Waals surface area contributed by atoms with Crippen molar-refractivity contribution in [1.29, 1.82) is 0 Å². The summed E-state index contributed by atoms with van der Waals surface area (Å²) in [6, 6.07) is 7.84. The van der Waals surface area contributed by atoms with E-state index in [0.717, 1.165) is 22.8 Å². The highest BCUT2D eigenvalue weighted by molar-refractivity contribution is 8.00. The Balaban J connectivity index is 1.83. The van der Waals surface area contributed by atoms with E-state index in [-0.39, 0.29) is 11.2 Å². The van der Waals surface area contributed by atoms with Gasteiger partial charge >= 0.3 is 5.97 Å². The molecule has 0 fully saturated rings. The van der Waals surface area contributed by atoms with Crippen molar-refractivity contribution < 1.29 is 9.53 Å². The van der Waals surface area contributed by atoms with Crippen LogP contribution < -0.4 is 0 Å². The highest BCUT2D eigenvalue weighted by Crippen LogP contribution is 2.25. The van der Waals surface area contributed by atoms with Gasteiger partial charge in [-0.05, 0) is 19.4 Å². The number of carbonyl (C=O) groups excluding carboxylic acids is 1. The number of hydrogen-bond donors (Lipinski definition) is 1. The zero-order valence-electron chi connectivity index (χ0n) is 12.4. The maximum absolute atomic E-state index is 11.8. The number of ether oxygens (including phenoxy) is 1. The van der Waals surface area contributed by atoms with E-state index in [2.05, 4.69) is 20.2 Å². The van der Waals surface area contributed by atoms with Gasteiger partial charge < -0.3 is 9.72 Å². The minimum Gasteiger partial charge on any atom is -0.465 e. The van der Waals surface area contributed by atoms with E-state index < -0.39 is 0 Å². The Hall–Kier alpha value is -2.15. The first-order valence-electron chi connectivity index (χ1n) is 7.13. The third-order valence-electron chi connectivity index (χ3n) is 3.17. The van der Waals surface area contributed by atoms with Crippen molar-refractivity contribution in [2.45, 2.75) is 30.7 Å². The van der Waals surface area contributed by atoms with E-state index in [1.807, 2.05) is 31.2 Å². The number of aromatic amines is 1. The zero-order valence-corrected chi connectivity index (χ0v) is 13.2. The number of nitrogens with zero attached hydrogens (tertiary/aromatic N) is 3. The number of nitrogens with one attached hydrogen (secondary N) is 1. The highest BCUT2D eigenvalue weighted by Gasteiger charge is 2.18. The summed E-state index contributed by atoms with van der Waals surface area (Å²) in [5.41, 5.74) is 2.38. The number of fused-ring (bicyclic) bond motifs is 3. The molecule has 1 aromatic carbocycles. The number of carbonyl (C=O) groups is 1. The van der Waals surface area contributed by atoms with Crippen LogP contribution in [-0.4, -0.2) is 38.0 Å². The largest absolute Gasteiger partial charge is 0.465 e. The number of hydrogen-bond acceptors (Lipinski definition) is 6. The van der Waals surface area contributed by atoms with E-state index in [0.29, 0.717) is 17.4 Å². The summed E-state index contributed by atoms with van der Waals surface area (Å²) in [6.07, 6.45) is 0.808. The second-order valence-corrected chi connectivity index (χ2v) is 6.20. The molecule has 0 radical (unpaired) electrons. The molecule has 0 amide bonds. The van der Waals surface area contributed by atoms with Gasteiger partial charge in [-0.3, -0.25) is 4.79 Å². The van der Waals surface area contributed by atoms with Crippen LogP contribution in [-0.2, 0) is 9.53 Å². The maximum Gasteiger partial charge on any atom is 0.319 e. The molecule has 7 heteroatoms. The molecule has 114 valence electrons. The van der Waals surface area contributed by atoms with Crippen LogP contribution in [0.15, 0.2) is 29.4 Å². The summed E-state index contributed by atoms with van der Waals surface area (Å²) in [5.74, 6) is -0.257. The summed E-state index contributed by atoms with van der Waals surface area (Å²) < 4.78 is 5.12. The predicted molar refractivity (Wildman–Crippen MR) is 85.8 cm³/mol. The lowest BCUT2D eigenvalue weighted by Gasteiger charge is -2.08. The summed E-state index contributed by atoms with van der Waals surface area (Å²) in [5, 5.41) is 9.42. The van der Waals surface area contributed by atoms with Crippen LogP contribution in [0.3, 0.4) is 0 Å². The Bertz CT molecular complexity index is 818. The number of benzene rings is 1. The van der Waals surface area contributed by atoms with Gasteiger partial charge in [-0.15, -0.1) is 10.2 Å². The van der Waals surface area contributed by atoms with Gasteiger partial charge in [-0.2, -0.15) is 0 Å². The van der Waals surface area contributed by atoms with Crippen LogP contribution in [0.5, 0.6) is 0 Å². The van der Waals surface area contributed by atoms with Gasteiger partial charge in [0.05, 0.1) is 6.61 Å². The molecule has 0 bridgehead atoms. The fourth-order valence-corrected chi connectivity index (χ4v) is 2.79. The molecule has 0 aliphatic heterocycles. The van der Waals surface area contributed by atoms with Gasteiger partial charge in [0.15, 0.2) is 5.65 Å². The predicted octanol–water partition coefficient (Wildman–Crippen LogP) is 2.94. The molecule has 0 aliphatic carbocycles. The van der Waals surface area contributed by atoms with E-state index in [1.165, 1.54) is 11.8 Å². The summed E-state index contributed by atoms with van der Waals surface area (Å²) in [7, 11) is 0. The maximum atomic E-state index is 11.8. The normalized spacial score (nSPS) is 12.6. The molecule has 1 N–H and O–H groups in total. The first kappa shape index (κ1) is 14.8. The van der Waals surface area contributed by atoms with Crippen LogP contribution >= 0.6 is 11.8 Å². The lowest BCUT2D eigenvalue weighted by molar-refractivity contribution is -0.142. The van der Waals surface area contributed by atoms with Crippen molar-refractivity contribution in [2.24, 2.45) is 0 Å². The van der Waals surface area contributed by atoms with Gasteiger partial charge in [-0.25, -0.2) is 4.98 Å². The molecule has 22 heavy (non-hydrogen) atoms. The zero-order chi connectivity index (χ0) is 15.5. The van der Waals surface area contributed by atoms with Crippen molar-refractivity contribution in [1.82, 2.24) is 20.2 Å². The highest BCUT2D eigenvalue weighted by atomic mass is 32.2. The third-order valence-corrected chi connectivity index (χ3v) is 4.09. The Morgan fingerprint density at radius 3 is 3.00 bits per heavy atom. The number of esters is 1. The lowest BCUT2D eigenvalue weighted by Crippen LogP contribution is -2.17. The van der Waals surface area contributed by atoms with Gasteiger partial charge in [0.25, 0.3) is 0 Å². The Kier molecular flexibility index (Phi) is 4.24. The molecule has 0 saturated carbocycles. The number of rotatable bonds is 5. The van der Waals surface area contributed by atoms with Crippen molar-refractivity contribution in [3.8, 4) is 0 Å². The molecule has 2 heterocycles. The molecule has 0 saturated heterocycles. The van der Waals surface area contributed by atoms with Crippen molar-refractivity contribution in [2.75, 3.05) is 6.61 Å². The van der Waals surface area contributed by atoms with Crippen LogP contribution in [0.1, 0.15) is 20.3 Å². The minimum absolute atomic E-state index is 0.257. The Morgan fingerprint density at radius 2 is 2.18 bits per heavy atom. The molecule has 0 spiro atoms. The smallest absolute Gasteiger partial charge is 0.319 e. The quantitative estimate of drug-likeness (QED) is 0.576. The van der Waals surface area contributed by atoms with Crippen LogP contribution in [0.4, 0.5) is 0 Å². The van der Waals surface area contributed by atoms with Crippen LogP contribution in [0, 0.1) is 0 Å². The third kappa shape index (κ3) is 2.89. The number of aromatic nitrogens is 4. The molecule has 2 aromatic heterocycles. The SMILES string of the molecule is CCCOC(=O)C(C)Sc1nnc2c(n1)[nH]c1ccccc12. The van der Waals surface area contributed by atoms with E-state index >= 15 is 0 Å². The van der Waals surface area contributed by atoms with E-state index in [1.54, 1.807) is 6.92 Å². The molecule has 3 aromatic rings. The lowest BCUT2D eigenvalue weighted by atomic mass is 10.2. The van der Waals surface area contributed by atoms with Crippen LogP contribution in [0.2, 0.25) is 0 Å². The Labute approximate surface area is 131 Å². The first-order chi connectivity index (χ1) is 10.7. The van der Waals surface area contributed by atoms with Crippen molar-refractivity contribution in [3.05, 3.63) is 24.3 Å². The monoisotopic (exact) mass is 316 g/mol. The van der Waals surface area contributed by atoms with Crippen molar-refractivity contribution >= 4 is 39.8 Å². The fourth-order valence-electron chi connectivity index (χ4n) is 2.08. The standard InChI is InChI=1S/C15H16N4O2S/c1-3-8-21-14(20)9(2)22-15-17-13-12(18-19-15)10-6-4-5-7-11(10)16-13/h4-7,9H,3,8H2,1-2H3,(H,16,17,19). The first-order valence-corrected chi connectivity index (χ1v) is 8.01. The van der Waals surface area contributed by atoms with Crippen LogP contribution in [0.25, 0.3) is 22.1 Å². The number of H-pyrrole nitrogens is 1. The molecular weight excluding hydrogens is 300 g/mol. The number of thioether (sulfide) groups is 1. The molecule has 0 aliphatic rings. The van der Waals surface area contributed by atoms with Gasteiger partial charge in [0.1, 0.15) is 10.8 Å². The minimum atomic E-state index is -0.366. The molecule has 3 rings (SSSR count). The number of para-hydroxylation sites is 1. The second-order valence-electron chi connectivity index (χ2n) is 4.89. The molecule has 1 atom stereocenters. The average molecular weight is 316 g/mol. The summed E-state index contributed by atoms with van der Waals surface area (Å²) >= 11 is 1.25. The van der Waals surface area contributed by atoms with Gasteiger partial charge in [-0.1, -0.05) is 36.9 Å². The molecule has 1 unspecified atom stereocenters.